The summed E-state index contributed by atoms with van der Waals surface area (Å²) in [5.74, 6) is -0.375. The molecular formula is C20H16N2O2S. The molecule has 0 radical (unpaired) electrons. The first-order valence-corrected chi connectivity index (χ1v) is 8.09. The minimum atomic E-state index is -0.375. The Labute approximate surface area is 151 Å². The number of carbonyl (C=O) groups excluding carboxylic acids is 1. The number of carbonyl (C=O) groups is 1. The highest BCUT2D eigenvalue weighted by atomic mass is 32.1. The van der Waals surface area contributed by atoms with Gasteiger partial charge in [-0.25, -0.2) is 4.79 Å². The number of benzene rings is 2. The van der Waals surface area contributed by atoms with Crippen molar-refractivity contribution in [2.75, 3.05) is 12.4 Å². The van der Waals surface area contributed by atoms with Crippen LogP contribution in [0, 0.1) is 0 Å². The molecule has 3 aromatic rings. The van der Waals surface area contributed by atoms with E-state index >= 15 is 0 Å². The van der Waals surface area contributed by atoms with Gasteiger partial charge in [0, 0.05) is 23.6 Å². The van der Waals surface area contributed by atoms with Crippen LogP contribution in [0.1, 0.15) is 15.9 Å². The molecule has 0 bridgehead atoms. The average molecular weight is 348 g/mol. The Balaban J connectivity index is 1.97. The first-order valence-electron chi connectivity index (χ1n) is 7.68. The fraction of sp³-hybridized carbons (Fsp3) is 0.0500. The summed E-state index contributed by atoms with van der Waals surface area (Å²) in [6.45, 7) is 0. The number of thiocarbonyl (C=S) groups is 1. The number of hydrogen-bond acceptors (Lipinski definition) is 4. The third kappa shape index (κ3) is 3.89. The molecule has 0 aliphatic rings. The fourth-order valence-electron chi connectivity index (χ4n) is 2.47. The van der Waals surface area contributed by atoms with Crippen LogP contribution in [0.2, 0.25) is 0 Å². The van der Waals surface area contributed by atoms with E-state index in [0.717, 1.165) is 22.4 Å². The maximum Gasteiger partial charge on any atom is 0.338 e. The van der Waals surface area contributed by atoms with Crippen LogP contribution in [-0.4, -0.2) is 23.1 Å². The van der Waals surface area contributed by atoms with Gasteiger partial charge in [0.25, 0.3) is 0 Å². The topological polar surface area (TPSA) is 51.2 Å². The average Bonchev–Trinajstić information content (AvgIpc) is 2.68. The SMILES string of the molecule is COC(=O)c1ccc(NC(=S)c2cccnc2)cc1-c1ccccc1. The van der Waals surface area contributed by atoms with Gasteiger partial charge in [0.1, 0.15) is 4.99 Å². The minimum absolute atomic E-state index is 0.375. The quantitative estimate of drug-likeness (QED) is 0.562. The number of ether oxygens (including phenoxy) is 1. The molecule has 0 amide bonds. The van der Waals surface area contributed by atoms with Gasteiger partial charge in [0.05, 0.1) is 12.7 Å². The minimum Gasteiger partial charge on any atom is -0.465 e. The molecule has 0 aliphatic heterocycles. The van der Waals surface area contributed by atoms with Gasteiger partial charge >= 0.3 is 5.97 Å². The number of aromatic nitrogens is 1. The summed E-state index contributed by atoms with van der Waals surface area (Å²) in [6.07, 6.45) is 3.40. The van der Waals surface area contributed by atoms with Gasteiger partial charge in [-0.3, -0.25) is 4.98 Å². The molecule has 1 N–H and O–H groups in total. The summed E-state index contributed by atoms with van der Waals surface area (Å²) in [5.41, 5.74) is 3.84. The Morgan fingerprint density at radius 1 is 1.08 bits per heavy atom. The summed E-state index contributed by atoms with van der Waals surface area (Å²) in [6, 6.07) is 18.8. The Bertz CT molecular complexity index is 896. The van der Waals surface area contributed by atoms with Crippen LogP contribution in [0.5, 0.6) is 0 Å². The van der Waals surface area contributed by atoms with Crippen molar-refractivity contribution in [3.05, 3.63) is 84.2 Å². The van der Waals surface area contributed by atoms with Gasteiger partial charge in [-0.2, -0.15) is 0 Å². The Kier molecular flexibility index (Phi) is 5.16. The number of hydrogen-bond donors (Lipinski definition) is 1. The summed E-state index contributed by atoms with van der Waals surface area (Å²) < 4.78 is 4.90. The number of esters is 1. The van der Waals surface area contributed by atoms with Crippen LogP contribution >= 0.6 is 12.2 Å². The molecule has 25 heavy (non-hydrogen) atoms. The van der Waals surface area contributed by atoms with E-state index in [2.05, 4.69) is 10.3 Å². The predicted octanol–water partition coefficient (Wildman–Crippen LogP) is 4.32. The van der Waals surface area contributed by atoms with Gasteiger partial charge in [0.15, 0.2) is 0 Å². The summed E-state index contributed by atoms with van der Waals surface area (Å²) in [5, 5.41) is 3.19. The van der Waals surface area contributed by atoms with Crippen molar-refractivity contribution in [2.24, 2.45) is 0 Å². The van der Waals surface area contributed by atoms with E-state index in [4.69, 9.17) is 17.0 Å². The predicted molar refractivity (Wildman–Crippen MR) is 103 cm³/mol. The highest BCUT2D eigenvalue weighted by Crippen LogP contribution is 2.28. The van der Waals surface area contributed by atoms with Gasteiger partial charge in [0.2, 0.25) is 0 Å². The second kappa shape index (κ2) is 7.68. The molecule has 0 unspecified atom stereocenters. The summed E-state index contributed by atoms with van der Waals surface area (Å²) >= 11 is 5.43. The normalized spacial score (nSPS) is 10.1. The second-order valence-electron chi connectivity index (χ2n) is 5.31. The molecule has 0 atom stereocenters. The van der Waals surface area contributed by atoms with E-state index < -0.39 is 0 Å². The molecule has 4 nitrogen and oxygen atoms in total. The fourth-order valence-corrected chi connectivity index (χ4v) is 2.71. The molecular weight excluding hydrogens is 332 g/mol. The van der Waals surface area contributed by atoms with Crippen molar-refractivity contribution in [2.45, 2.75) is 0 Å². The van der Waals surface area contributed by atoms with Gasteiger partial charge < -0.3 is 10.1 Å². The van der Waals surface area contributed by atoms with Crippen molar-refractivity contribution in [3.63, 3.8) is 0 Å². The molecule has 0 fully saturated rings. The summed E-state index contributed by atoms with van der Waals surface area (Å²) in [7, 11) is 1.38. The van der Waals surface area contributed by atoms with Crippen molar-refractivity contribution >= 4 is 28.9 Å². The number of pyridine rings is 1. The van der Waals surface area contributed by atoms with Gasteiger partial charge in [-0.05, 0) is 41.5 Å². The first-order chi connectivity index (χ1) is 12.2. The highest BCUT2D eigenvalue weighted by Gasteiger charge is 2.14. The van der Waals surface area contributed by atoms with E-state index in [1.807, 2.05) is 48.5 Å². The monoisotopic (exact) mass is 348 g/mol. The maximum absolute atomic E-state index is 12.1. The molecule has 1 heterocycles. The van der Waals surface area contributed by atoms with E-state index in [1.54, 1.807) is 24.5 Å². The van der Waals surface area contributed by atoms with E-state index in [1.165, 1.54) is 7.11 Å². The zero-order chi connectivity index (χ0) is 17.6. The smallest absolute Gasteiger partial charge is 0.338 e. The lowest BCUT2D eigenvalue weighted by Gasteiger charge is -2.13. The third-order valence-corrected chi connectivity index (χ3v) is 4.03. The Hall–Kier alpha value is -3.05. The van der Waals surface area contributed by atoms with Crippen molar-refractivity contribution < 1.29 is 9.53 Å². The second-order valence-corrected chi connectivity index (χ2v) is 5.72. The molecule has 0 saturated heterocycles. The molecule has 3 rings (SSSR count). The molecule has 124 valence electrons. The lowest BCUT2D eigenvalue weighted by atomic mass is 9.99. The largest absolute Gasteiger partial charge is 0.465 e. The molecule has 1 aromatic heterocycles. The van der Waals surface area contributed by atoms with Gasteiger partial charge in [-0.1, -0.05) is 42.5 Å². The zero-order valence-electron chi connectivity index (χ0n) is 13.6. The lowest BCUT2D eigenvalue weighted by Crippen LogP contribution is -2.11. The van der Waals surface area contributed by atoms with Crippen LogP contribution in [0.25, 0.3) is 11.1 Å². The van der Waals surface area contributed by atoms with E-state index in [9.17, 15) is 4.79 Å². The highest BCUT2D eigenvalue weighted by molar-refractivity contribution is 7.81. The van der Waals surface area contributed by atoms with Crippen molar-refractivity contribution in [1.29, 1.82) is 0 Å². The Morgan fingerprint density at radius 3 is 2.56 bits per heavy atom. The van der Waals surface area contributed by atoms with Crippen LogP contribution < -0.4 is 5.32 Å². The number of rotatable bonds is 4. The van der Waals surface area contributed by atoms with E-state index in [0.29, 0.717) is 10.6 Å². The molecule has 0 spiro atoms. The lowest BCUT2D eigenvalue weighted by molar-refractivity contribution is 0.0601. The zero-order valence-corrected chi connectivity index (χ0v) is 14.4. The van der Waals surface area contributed by atoms with Crippen LogP contribution in [0.4, 0.5) is 5.69 Å². The standard InChI is InChI=1S/C20H16N2O2S/c1-24-20(23)17-10-9-16(12-18(17)14-6-3-2-4-7-14)22-19(25)15-8-5-11-21-13-15/h2-13H,1H3,(H,22,25). The van der Waals surface area contributed by atoms with Crippen LogP contribution in [0.15, 0.2) is 73.1 Å². The molecule has 2 aromatic carbocycles. The maximum atomic E-state index is 12.1. The molecule has 0 aliphatic carbocycles. The van der Waals surface area contributed by atoms with Crippen molar-refractivity contribution in [1.82, 2.24) is 4.98 Å². The number of nitrogens with one attached hydrogen (secondary N) is 1. The number of methoxy groups -OCH3 is 1. The number of nitrogens with zero attached hydrogens (tertiary/aromatic N) is 1. The van der Waals surface area contributed by atoms with Crippen molar-refractivity contribution in [3.8, 4) is 11.1 Å². The van der Waals surface area contributed by atoms with Crippen LogP contribution in [0.3, 0.4) is 0 Å². The van der Waals surface area contributed by atoms with E-state index in [-0.39, 0.29) is 5.97 Å². The number of anilines is 1. The summed E-state index contributed by atoms with van der Waals surface area (Å²) in [4.78, 5) is 16.7. The first kappa shape index (κ1) is 16.8. The van der Waals surface area contributed by atoms with Gasteiger partial charge in [-0.15, -0.1) is 0 Å². The Morgan fingerprint density at radius 2 is 1.88 bits per heavy atom. The third-order valence-electron chi connectivity index (χ3n) is 3.69. The van der Waals surface area contributed by atoms with Crippen LogP contribution in [-0.2, 0) is 4.74 Å². The molecule has 5 heteroatoms. The molecule has 0 saturated carbocycles.